The van der Waals surface area contributed by atoms with Gasteiger partial charge in [-0.2, -0.15) is 26.3 Å². The zero-order chi connectivity index (χ0) is 26.9. The molecule has 200 valence electrons. The van der Waals surface area contributed by atoms with Crippen molar-refractivity contribution < 1.29 is 30.6 Å². The first-order valence-electron chi connectivity index (χ1n) is 11.6. The van der Waals surface area contributed by atoms with Gasteiger partial charge in [-0.3, -0.25) is 9.97 Å². The summed E-state index contributed by atoms with van der Waals surface area (Å²) in [5.41, 5.74) is 5.41. The number of pyridine rings is 2. The summed E-state index contributed by atoms with van der Waals surface area (Å²) in [6, 6.07) is 4.42. The van der Waals surface area contributed by atoms with Crippen molar-refractivity contribution in [3.05, 3.63) is 59.2 Å². The molecule has 0 amide bonds. The van der Waals surface area contributed by atoms with Crippen LogP contribution in [0.2, 0.25) is 0 Å². The van der Waals surface area contributed by atoms with Crippen LogP contribution in [0.25, 0.3) is 0 Å². The Kier molecular flexibility index (Phi) is 8.51. The maximum atomic E-state index is 12.5. The van der Waals surface area contributed by atoms with Gasteiger partial charge < -0.3 is 5.73 Å². The highest BCUT2D eigenvalue weighted by Gasteiger charge is 2.37. The molecule has 0 spiro atoms. The molecular formula is C24H30F6N4OS. The molecule has 3 N–H and O–H groups in total. The second-order valence-corrected chi connectivity index (χ2v) is 12.1. The molecule has 2 aromatic rings. The summed E-state index contributed by atoms with van der Waals surface area (Å²) in [5.74, 6) is 0.735. The SMILES string of the molecule is CC(C)(C)[S@@](=O)N[C@@H](c1ccc(C(F)(F)F)nc1)C1CC1.N[C@@H](c1ccc(C(F)(F)F)nc1)C1CC1. The van der Waals surface area contributed by atoms with E-state index in [1.807, 2.05) is 20.8 Å². The van der Waals surface area contributed by atoms with Crippen LogP contribution in [0.5, 0.6) is 0 Å². The largest absolute Gasteiger partial charge is 0.433 e. The zero-order valence-corrected chi connectivity index (χ0v) is 21.0. The normalized spacial score (nSPS) is 19.2. The first kappa shape index (κ1) is 28.5. The van der Waals surface area contributed by atoms with E-state index in [1.54, 1.807) is 0 Å². The van der Waals surface area contributed by atoms with Crippen LogP contribution in [0.4, 0.5) is 26.3 Å². The quantitative estimate of drug-likeness (QED) is 0.437. The first-order chi connectivity index (χ1) is 16.6. The highest BCUT2D eigenvalue weighted by Crippen LogP contribution is 2.42. The van der Waals surface area contributed by atoms with E-state index in [4.69, 9.17) is 5.73 Å². The van der Waals surface area contributed by atoms with Gasteiger partial charge in [0, 0.05) is 24.5 Å². The van der Waals surface area contributed by atoms with Gasteiger partial charge >= 0.3 is 12.4 Å². The molecule has 2 aliphatic carbocycles. The van der Waals surface area contributed by atoms with Crippen molar-refractivity contribution in [1.29, 1.82) is 0 Å². The van der Waals surface area contributed by atoms with Gasteiger partial charge in [0.1, 0.15) is 11.4 Å². The second-order valence-electron chi connectivity index (χ2n) is 10.1. The van der Waals surface area contributed by atoms with Gasteiger partial charge in [0.15, 0.2) is 0 Å². The van der Waals surface area contributed by atoms with E-state index in [-0.39, 0.29) is 12.1 Å². The van der Waals surface area contributed by atoms with Crippen LogP contribution >= 0.6 is 0 Å². The summed E-state index contributed by atoms with van der Waals surface area (Å²) in [6.45, 7) is 5.56. The Morgan fingerprint density at radius 1 is 0.833 bits per heavy atom. The molecule has 2 saturated carbocycles. The summed E-state index contributed by atoms with van der Waals surface area (Å²) in [6.07, 6.45) is -2.26. The summed E-state index contributed by atoms with van der Waals surface area (Å²) in [5, 5.41) is 0. The first-order valence-corrected chi connectivity index (χ1v) is 12.7. The van der Waals surface area contributed by atoms with E-state index in [9.17, 15) is 30.6 Å². The Morgan fingerprint density at radius 2 is 1.28 bits per heavy atom. The summed E-state index contributed by atoms with van der Waals surface area (Å²) >= 11 is 0. The van der Waals surface area contributed by atoms with Crippen molar-refractivity contribution in [2.45, 2.75) is 75.6 Å². The fourth-order valence-corrected chi connectivity index (χ4v) is 4.33. The molecule has 2 aromatic heterocycles. The Labute approximate surface area is 208 Å². The Balaban J connectivity index is 0.000000212. The average Bonchev–Trinajstić information content (AvgIpc) is 3.69. The number of alkyl halides is 6. The molecule has 0 aliphatic heterocycles. The third-order valence-corrected chi connectivity index (χ3v) is 7.49. The van der Waals surface area contributed by atoms with Crippen molar-refractivity contribution in [2.24, 2.45) is 17.6 Å². The fraction of sp³-hybridized carbons (Fsp3) is 0.583. The molecule has 0 radical (unpaired) electrons. The molecule has 2 aliphatic rings. The van der Waals surface area contributed by atoms with Crippen LogP contribution in [-0.4, -0.2) is 18.9 Å². The molecule has 2 fully saturated rings. The Morgan fingerprint density at radius 3 is 1.61 bits per heavy atom. The van der Waals surface area contributed by atoms with E-state index < -0.39 is 39.5 Å². The minimum atomic E-state index is -4.44. The minimum absolute atomic E-state index is 0.167. The van der Waals surface area contributed by atoms with Gasteiger partial charge in [-0.1, -0.05) is 12.1 Å². The number of hydrogen-bond donors (Lipinski definition) is 2. The van der Waals surface area contributed by atoms with Crippen LogP contribution in [0.1, 0.15) is 81.1 Å². The Hall–Kier alpha value is -2.05. The number of nitrogens with zero attached hydrogens (tertiary/aromatic N) is 2. The fourth-order valence-electron chi connectivity index (χ4n) is 3.41. The molecular weight excluding hydrogens is 506 g/mol. The van der Waals surface area contributed by atoms with E-state index in [0.717, 1.165) is 37.8 Å². The molecule has 0 bridgehead atoms. The lowest BCUT2D eigenvalue weighted by Crippen LogP contribution is -2.36. The monoisotopic (exact) mass is 536 g/mol. The second kappa shape index (κ2) is 10.7. The number of nitrogens with one attached hydrogen (secondary N) is 1. The standard InChI is InChI=1S/C14H19F3N2OS.C10H11F3N2/c1-13(2,3)21(20)19-12(9-4-5-9)10-6-7-11(18-8-10)14(15,16)17;11-10(12,13)8-4-3-7(5-15-8)9(14)6-1-2-6/h6-9,12,19H,4-5H2,1-3H3;3-6,9H,1-2,14H2/t12-,21-;9-/m11/s1. The molecule has 0 unspecified atom stereocenters. The van der Waals surface area contributed by atoms with Gasteiger partial charge in [-0.15, -0.1) is 0 Å². The number of nitrogens with two attached hydrogens (primary N) is 1. The number of halogens is 6. The van der Waals surface area contributed by atoms with Crippen LogP contribution in [-0.2, 0) is 23.3 Å². The molecule has 0 aromatic carbocycles. The van der Waals surface area contributed by atoms with Gasteiger partial charge in [-0.25, -0.2) is 8.93 Å². The van der Waals surface area contributed by atoms with Crippen molar-refractivity contribution in [3.63, 3.8) is 0 Å². The van der Waals surface area contributed by atoms with E-state index >= 15 is 0 Å². The van der Waals surface area contributed by atoms with Gasteiger partial charge in [0.25, 0.3) is 0 Å². The molecule has 36 heavy (non-hydrogen) atoms. The van der Waals surface area contributed by atoms with Crippen LogP contribution in [0, 0.1) is 11.8 Å². The molecule has 0 saturated heterocycles. The number of hydrogen-bond acceptors (Lipinski definition) is 4. The smallest absolute Gasteiger partial charge is 0.324 e. The van der Waals surface area contributed by atoms with Crippen LogP contribution in [0.3, 0.4) is 0 Å². The maximum absolute atomic E-state index is 12.5. The number of rotatable bonds is 6. The molecule has 4 rings (SSSR count). The van der Waals surface area contributed by atoms with Gasteiger partial charge in [0.05, 0.1) is 15.7 Å². The third kappa shape index (κ3) is 7.97. The van der Waals surface area contributed by atoms with Crippen molar-refractivity contribution in [3.8, 4) is 0 Å². The van der Waals surface area contributed by atoms with E-state index in [1.165, 1.54) is 24.5 Å². The van der Waals surface area contributed by atoms with Gasteiger partial charge in [0.2, 0.25) is 0 Å². The van der Waals surface area contributed by atoms with Crippen molar-refractivity contribution in [2.75, 3.05) is 0 Å². The van der Waals surface area contributed by atoms with Crippen LogP contribution in [0.15, 0.2) is 36.7 Å². The minimum Gasteiger partial charge on any atom is -0.324 e. The highest BCUT2D eigenvalue weighted by molar-refractivity contribution is 7.84. The van der Waals surface area contributed by atoms with Crippen LogP contribution < -0.4 is 10.5 Å². The molecule has 12 heteroatoms. The highest BCUT2D eigenvalue weighted by atomic mass is 32.2. The third-order valence-electron chi connectivity index (χ3n) is 5.91. The van der Waals surface area contributed by atoms with E-state index in [0.29, 0.717) is 23.0 Å². The molecule has 3 atom stereocenters. The lowest BCUT2D eigenvalue weighted by molar-refractivity contribution is -0.142. The zero-order valence-electron chi connectivity index (χ0n) is 20.2. The lowest BCUT2D eigenvalue weighted by atomic mass is 10.1. The maximum Gasteiger partial charge on any atom is 0.433 e. The van der Waals surface area contributed by atoms with E-state index in [2.05, 4.69) is 14.7 Å². The van der Waals surface area contributed by atoms with Gasteiger partial charge in [-0.05, 0) is 81.5 Å². The average molecular weight is 537 g/mol. The predicted molar refractivity (Wildman–Crippen MR) is 125 cm³/mol. The predicted octanol–water partition coefficient (Wildman–Crippen LogP) is 6.11. The summed E-state index contributed by atoms with van der Waals surface area (Å²) in [7, 11) is -1.27. The van der Waals surface area contributed by atoms with Crippen molar-refractivity contribution in [1.82, 2.24) is 14.7 Å². The number of aromatic nitrogens is 2. The summed E-state index contributed by atoms with van der Waals surface area (Å²) < 4.78 is 89.0. The topological polar surface area (TPSA) is 80.9 Å². The molecule has 5 nitrogen and oxygen atoms in total. The molecule has 2 heterocycles. The summed E-state index contributed by atoms with van der Waals surface area (Å²) in [4.78, 5) is 6.86. The Bertz CT molecular complexity index is 1030. The lowest BCUT2D eigenvalue weighted by Gasteiger charge is -2.24. The van der Waals surface area contributed by atoms with Crippen molar-refractivity contribution >= 4 is 11.0 Å².